The van der Waals surface area contributed by atoms with Crippen molar-refractivity contribution in [3.05, 3.63) is 11.6 Å². The topological polar surface area (TPSA) is 9.23 Å². The molecule has 1 nitrogen and oxygen atoms in total. The molecule has 1 aliphatic heterocycles. The van der Waals surface area contributed by atoms with E-state index in [0.29, 0.717) is 0 Å². The first-order chi connectivity index (χ1) is 4.34. The quantitative estimate of drug-likeness (QED) is 0.451. The van der Waals surface area contributed by atoms with Crippen molar-refractivity contribution in [1.29, 1.82) is 0 Å². The van der Waals surface area contributed by atoms with Crippen molar-refractivity contribution in [3.8, 4) is 0 Å². The minimum Gasteiger partial charge on any atom is -0.377 e. The van der Waals surface area contributed by atoms with Gasteiger partial charge in [0.2, 0.25) is 0 Å². The number of hydrogen-bond acceptors (Lipinski definition) is 1. The lowest BCUT2D eigenvalue weighted by Crippen LogP contribution is -2.16. The maximum atomic E-state index is 5.28. The molecule has 0 radical (unpaired) electrons. The van der Waals surface area contributed by atoms with Crippen molar-refractivity contribution in [2.24, 2.45) is 5.92 Å². The van der Waals surface area contributed by atoms with Crippen LogP contribution in [-0.2, 0) is 4.74 Å². The summed E-state index contributed by atoms with van der Waals surface area (Å²) in [4.78, 5) is 0. The lowest BCUT2D eigenvalue weighted by atomic mass is 9.97. The minimum absolute atomic E-state index is 0.753. The van der Waals surface area contributed by atoms with Crippen molar-refractivity contribution in [1.82, 2.24) is 0 Å². The first kappa shape index (κ1) is 6.81. The van der Waals surface area contributed by atoms with Crippen LogP contribution in [0.3, 0.4) is 0 Å². The molecular formula is C8H14O. The normalized spacial score (nSPS) is 33.1. The van der Waals surface area contributed by atoms with E-state index in [2.05, 4.69) is 19.9 Å². The summed E-state index contributed by atoms with van der Waals surface area (Å²) in [6.07, 6.45) is 3.36. The molecule has 1 heteroatoms. The molecule has 1 fully saturated rings. The van der Waals surface area contributed by atoms with Gasteiger partial charge in [-0.1, -0.05) is 13.0 Å². The van der Waals surface area contributed by atoms with Crippen LogP contribution >= 0.6 is 0 Å². The number of ether oxygens (including phenoxy) is 1. The smallest absolute Gasteiger partial charge is 0.0679 e. The zero-order chi connectivity index (χ0) is 6.69. The van der Waals surface area contributed by atoms with Gasteiger partial charge < -0.3 is 4.74 Å². The van der Waals surface area contributed by atoms with Crippen molar-refractivity contribution in [3.63, 3.8) is 0 Å². The molecule has 0 bridgehead atoms. The van der Waals surface area contributed by atoms with Crippen LogP contribution in [0.25, 0.3) is 0 Å². The predicted molar refractivity (Wildman–Crippen MR) is 38.4 cm³/mol. The molecule has 1 saturated heterocycles. The third-order valence-corrected chi connectivity index (χ3v) is 1.97. The highest BCUT2D eigenvalue weighted by Crippen LogP contribution is 2.19. The largest absolute Gasteiger partial charge is 0.377 e. The summed E-state index contributed by atoms with van der Waals surface area (Å²) in [5.74, 6) is 0.753. The Labute approximate surface area is 56.7 Å². The van der Waals surface area contributed by atoms with Gasteiger partial charge in [-0.25, -0.2) is 0 Å². The summed E-state index contributed by atoms with van der Waals surface area (Å²) in [7, 11) is 0. The van der Waals surface area contributed by atoms with Crippen LogP contribution in [-0.4, -0.2) is 13.2 Å². The Hall–Kier alpha value is -0.300. The Balaban J connectivity index is 2.49. The van der Waals surface area contributed by atoms with E-state index in [4.69, 9.17) is 4.74 Å². The van der Waals surface area contributed by atoms with Crippen LogP contribution in [0, 0.1) is 5.92 Å². The molecule has 0 amide bonds. The van der Waals surface area contributed by atoms with Gasteiger partial charge in [0.25, 0.3) is 0 Å². The van der Waals surface area contributed by atoms with E-state index >= 15 is 0 Å². The molecule has 52 valence electrons. The van der Waals surface area contributed by atoms with Crippen LogP contribution in [0.1, 0.15) is 20.3 Å². The average molecular weight is 126 g/mol. The maximum absolute atomic E-state index is 5.28. The third-order valence-electron chi connectivity index (χ3n) is 1.97. The summed E-state index contributed by atoms with van der Waals surface area (Å²) in [5.41, 5.74) is 1.46. The molecule has 0 saturated carbocycles. The molecule has 9 heavy (non-hydrogen) atoms. The van der Waals surface area contributed by atoms with Gasteiger partial charge in [-0.05, 0) is 24.8 Å². The second-order valence-electron chi connectivity index (χ2n) is 2.61. The molecule has 0 aromatic rings. The number of allylic oxidation sites excluding steroid dienone is 1. The second-order valence-corrected chi connectivity index (χ2v) is 2.61. The van der Waals surface area contributed by atoms with Crippen molar-refractivity contribution in [2.75, 3.05) is 13.2 Å². The van der Waals surface area contributed by atoms with Gasteiger partial charge in [-0.15, -0.1) is 0 Å². The molecule has 0 aromatic heterocycles. The van der Waals surface area contributed by atoms with Crippen LogP contribution < -0.4 is 0 Å². The second kappa shape index (κ2) is 3.02. The van der Waals surface area contributed by atoms with E-state index in [1.807, 2.05) is 0 Å². The third kappa shape index (κ3) is 1.55. The Morgan fingerprint density at radius 3 is 2.89 bits per heavy atom. The van der Waals surface area contributed by atoms with Gasteiger partial charge in [0.15, 0.2) is 0 Å². The highest BCUT2D eigenvalue weighted by molar-refractivity contribution is 5.06. The predicted octanol–water partition coefficient (Wildman–Crippen LogP) is 1.99. The summed E-state index contributed by atoms with van der Waals surface area (Å²) in [6, 6.07) is 0. The van der Waals surface area contributed by atoms with Crippen LogP contribution in [0.15, 0.2) is 11.6 Å². The van der Waals surface area contributed by atoms with Crippen LogP contribution in [0.4, 0.5) is 0 Å². The van der Waals surface area contributed by atoms with E-state index in [-0.39, 0.29) is 0 Å². The zero-order valence-corrected chi connectivity index (χ0v) is 6.18. The minimum atomic E-state index is 0.753. The van der Waals surface area contributed by atoms with Gasteiger partial charge in [0.05, 0.1) is 6.61 Å². The van der Waals surface area contributed by atoms with Crippen molar-refractivity contribution < 1.29 is 4.74 Å². The Kier molecular flexibility index (Phi) is 2.29. The SMILES string of the molecule is C/C=C1\COCCC1C. The molecule has 0 N–H and O–H groups in total. The summed E-state index contributed by atoms with van der Waals surface area (Å²) >= 11 is 0. The fourth-order valence-electron chi connectivity index (χ4n) is 1.15. The molecule has 0 aromatic carbocycles. The molecule has 1 aliphatic rings. The Bertz CT molecular complexity index is 116. The lowest BCUT2D eigenvalue weighted by molar-refractivity contribution is 0.111. The fraction of sp³-hybridized carbons (Fsp3) is 0.750. The van der Waals surface area contributed by atoms with Crippen molar-refractivity contribution in [2.45, 2.75) is 20.3 Å². The zero-order valence-electron chi connectivity index (χ0n) is 6.18. The monoisotopic (exact) mass is 126 g/mol. The first-order valence-electron chi connectivity index (χ1n) is 3.57. The summed E-state index contributed by atoms with van der Waals surface area (Å²) in [5, 5.41) is 0. The highest BCUT2D eigenvalue weighted by atomic mass is 16.5. The molecule has 0 spiro atoms. The fourth-order valence-corrected chi connectivity index (χ4v) is 1.15. The van der Waals surface area contributed by atoms with E-state index in [9.17, 15) is 0 Å². The molecule has 1 unspecified atom stereocenters. The Morgan fingerprint density at radius 2 is 2.44 bits per heavy atom. The van der Waals surface area contributed by atoms with Crippen LogP contribution in [0.2, 0.25) is 0 Å². The number of hydrogen-bond donors (Lipinski definition) is 0. The van der Waals surface area contributed by atoms with Crippen molar-refractivity contribution >= 4 is 0 Å². The molecule has 1 heterocycles. The lowest BCUT2D eigenvalue weighted by Gasteiger charge is -2.21. The molecular weight excluding hydrogens is 112 g/mol. The molecule has 1 rings (SSSR count). The maximum Gasteiger partial charge on any atom is 0.0679 e. The molecule has 0 aliphatic carbocycles. The molecule has 1 atom stereocenters. The van der Waals surface area contributed by atoms with Gasteiger partial charge in [-0.2, -0.15) is 0 Å². The van der Waals surface area contributed by atoms with E-state index in [1.54, 1.807) is 0 Å². The van der Waals surface area contributed by atoms with E-state index < -0.39 is 0 Å². The summed E-state index contributed by atoms with van der Waals surface area (Å²) in [6.45, 7) is 6.15. The van der Waals surface area contributed by atoms with Gasteiger partial charge in [0, 0.05) is 6.61 Å². The summed E-state index contributed by atoms with van der Waals surface area (Å²) < 4.78 is 5.28. The standard InChI is InChI=1S/C8H14O/c1-3-8-6-9-5-4-7(8)2/h3,7H,4-6H2,1-2H3/b8-3+. The average Bonchev–Trinajstić information content (AvgIpc) is 1.89. The van der Waals surface area contributed by atoms with E-state index in [1.165, 1.54) is 12.0 Å². The van der Waals surface area contributed by atoms with Gasteiger partial charge in [-0.3, -0.25) is 0 Å². The van der Waals surface area contributed by atoms with Crippen LogP contribution in [0.5, 0.6) is 0 Å². The van der Waals surface area contributed by atoms with E-state index in [0.717, 1.165) is 19.1 Å². The Morgan fingerprint density at radius 1 is 1.67 bits per heavy atom. The first-order valence-corrected chi connectivity index (χ1v) is 3.57. The number of rotatable bonds is 0. The highest BCUT2D eigenvalue weighted by Gasteiger charge is 2.12. The van der Waals surface area contributed by atoms with Gasteiger partial charge >= 0.3 is 0 Å². The van der Waals surface area contributed by atoms with Gasteiger partial charge in [0.1, 0.15) is 0 Å².